The normalized spacial score (nSPS) is 11.5. The molecule has 0 saturated carbocycles. The third-order valence-electron chi connectivity index (χ3n) is 3.17. The van der Waals surface area contributed by atoms with Crippen molar-refractivity contribution >= 4 is 24.6 Å². The summed E-state index contributed by atoms with van der Waals surface area (Å²) >= 11 is 0. The van der Waals surface area contributed by atoms with E-state index >= 15 is 0 Å². The van der Waals surface area contributed by atoms with Crippen LogP contribution in [0, 0.1) is 0 Å². The lowest BCUT2D eigenvalue weighted by Crippen LogP contribution is -2.37. The van der Waals surface area contributed by atoms with Crippen molar-refractivity contribution < 1.29 is 0 Å². The molecule has 0 aliphatic carbocycles. The number of hydrogen-bond donors (Lipinski definition) is 2. The molecule has 18 heavy (non-hydrogen) atoms. The first-order chi connectivity index (χ1) is 8.38. The molecule has 94 valence electrons. The third-order valence-corrected chi connectivity index (χ3v) is 5.24. The zero-order valence-electron chi connectivity index (χ0n) is 11.2. The molecule has 0 unspecified atom stereocenters. The van der Waals surface area contributed by atoms with E-state index < -0.39 is 8.07 Å². The molecule has 0 bridgehead atoms. The van der Waals surface area contributed by atoms with E-state index in [-0.39, 0.29) is 0 Å². The summed E-state index contributed by atoms with van der Waals surface area (Å²) < 4.78 is 0. The quantitative estimate of drug-likeness (QED) is 0.641. The van der Waals surface area contributed by atoms with Crippen molar-refractivity contribution in [3.63, 3.8) is 0 Å². The van der Waals surface area contributed by atoms with Gasteiger partial charge in [-0.3, -0.25) is 0 Å². The average Bonchev–Trinajstić information content (AvgIpc) is 2.32. The lowest BCUT2D eigenvalue weighted by molar-refractivity contribution is 1.60. The van der Waals surface area contributed by atoms with Crippen LogP contribution in [0.3, 0.4) is 0 Å². The van der Waals surface area contributed by atoms with E-state index in [4.69, 9.17) is 11.5 Å². The molecule has 0 radical (unpaired) electrons. The second kappa shape index (κ2) is 4.50. The molecule has 3 heteroatoms. The van der Waals surface area contributed by atoms with Crippen molar-refractivity contribution in [1.82, 2.24) is 0 Å². The molecule has 0 saturated heterocycles. The Morgan fingerprint density at radius 2 is 1.28 bits per heavy atom. The first-order valence-corrected chi connectivity index (χ1v) is 9.64. The van der Waals surface area contributed by atoms with Crippen molar-refractivity contribution in [2.75, 3.05) is 11.5 Å². The highest BCUT2D eigenvalue weighted by molar-refractivity contribution is 6.88. The highest BCUT2D eigenvalue weighted by Crippen LogP contribution is 2.24. The topological polar surface area (TPSA) is 52.0 Å². The fourth-order valence-electron chi connectivity index (χ4n) is 1.92. The molecule has 2 rings (SSSR count). The number of nitrogen functional groups attached to an aromatic ring is 2. The summed E-state index contributed by atoms with van der Waals surface area (Å²) in [6.45, 7) is 7.05. The summed E-state index contributed by atoms with van der Waals surface area (Å²) in [5.41, 5.74) is 15.1. The zero-order chi connectivity index (χ0) is 13.3. The van der Waals surface area contributed by atoms with Crippen LogP contribution in [0.5, 0.6) is 0 Å². The number of nitrogens with two attached hydrogens (primary N) is 2. The van der Waals surface area contributed by atoms with Gasteiger partial charge in [-0.25, -0.2) is 0 Å². The standard InChI is InChI=1S/C15H20N2Si/c1-18(2,3)13-7-4-11(5-8-13)12-6-9-14(16)15(17)10-12/h4-10H,16-17H2,1-3H3. The molecule has 2 aromatic rings. The minimum absolute atomic E-state index is 0.637. The molecule has 0 fully saturated rings. The van der Waals surface area contributed by atoms with E-state index in [0.717, 1.165) is 5.56 Å². The Balaban J connectivity index is 2.37. The van der Waals surface area contributed by atoms with Crippen molar-refractivity contribution in [2.45, 2.75) is 19.6 Å². The van der Waals surface area contributed by atoms with Crippen LogP contribution in [0.4, 0.5) is 11.4 Å². The van der Waals surface area contributed by atoms with Crippen molar-refractivity contribution in [1.29, 1.82) is 0 Å². The molecular formula is C15H20N2Si. The van der Waals surface area contributed by atoms with Gasteiger partial charge in [0.25, 0.3) is 0 Å². The minimum atomic E-state index is -1.22. The number of rotatable bonds is 2. The fourth-order valence-corrected chi connectivity index (χ4v) is 3.08. The SMILES string of the molecule is C[Si](C)(C)c1ccc(-c2ccc(N)c(N)c2)cc1. The molecule has 0 aromatic heterocycles. The van der Waals surface area contributed by atoms with Crippen LogP contribution in [0.2, 0.25) is 19.6 Å². The van der Waals surface area contributed by atoms with Gasteiger partial charge in [0.15, 0.2) is 0 Å². The Labute approximate surface area is 110 Å². The van der Waals surface area contributed by atoms with Crippen molar-refractivity contribution in [3.05, 3.63) is 42.5 Å². The maximum atomic E-state index is 5.84. The van der Waals surface area contributed by atoms with Gasteiger partial charge in [0.1, 0.15) is 0 Å². The van der Waals surface area contributed by atoms with E-state index in [0.29, 0.717) is 11.4 Å². The highest BCUT2D eigenvalue weighted by atomic mass is 28.3. The molecule has 0 spiro atoms. The molecule has 2 aromatic carbocycles. The zero-order valence-corrected chi connectivity index (χ0v) is 12.2. The summed E-state index contributed by atoms with van der Waals surface area (Å²) in [5, 5.41) is 1.47. The molecule has 0 amide bonds. The second-order valence-corrected chi connectivity index (χ2v) is 10.7. The summed E-state index contributed by atoms with van der Waals surface area (Å²) in [5.74, 6) is 0. The minimum Gasteiger partial charge on any atom is -0.397 e. The van der Waals surface area contributed by atoms with Crippen LogP contribution in [-0.4, -0.2) is 8.07 Å². The van der Waals surface area contributed by atoms with E-state index in [1.54, 1.807) is 0 Å². The summed E-state index contributed by atoms with van der Waals surface area (Å²) in [6, 6.07) is 14.6. The third kappa shape index (κ3) is 2.56. The Bertz CT molecular complexity index is 554. The van der Waals surface area contributed by atoms with Gasteiger partial charge in [0, 0.05) is 0 Å². The fraction of sp³-hybridized carbons (Fsp3) is 0.200. The van der Waals surface area contributed by atoms with Gasteiger partial charge in [0.2, 0.25) is 0 Å². The van der Waals surface area contributed by atoms with Gasteiger partial charge in [0.05, 0.1) is 19.4 Å². The number of hydrogen-bond acceptors (Lipinski definition) is 2. The van der Waals surface area contributed by atoms with Gasteiger partial charge in [-0.05, 0) is 23.3 Å². The van der Waals surface area contributed by atoms with Crippen molar-refractivity contribution in [3.8, 4) is 11.1 Å². The first-order valence-electron chi connectivity index (χ1n) is 6.14. The van der Waals surface area contributed by atoms with Gasteiger partial charge in [-0.15, -0.1) is 0 Å². The summed E-state index contributed by atoms with van der Waals surface area (Å²) in [7, 11) is -1.22. The molecule has 4 N–H and O–H groups in total. The summed E-state index contributed by atoms with van der Waals surface area (Å²) in [4.78, 5) is 0. The van der Waals surface area contributed by atoms with Gasteiger partial charge in [-0.2, -0.15) is 0 Å². The lowest BCUT2D eigenvalue weighted by atomic mass is 10.0. The largest absolute Gasteiger partial charge is 0.397 e. The van der Waals surface area contributed by atoms with Crippen LogP contribution < -0.4 is 16.7 Å². The molecule has 0 aliphatic rings. The first kappa shape index (κ1) is 12.7. The maximum absolute atomic E-state index is 5.84. The Kier molecular flexibility index (Phi) is 3.18. The Morgan fingerprint density at radius 1 is 0.722 bits per heavy atom. The summed E-state index contributed by atoms with van der Waals surface area (Å²) in [6.07, 6.45) is 0. The number of anilines is 2. The monoisotopic (exact) mass is 256 g/mol. The smallest absolute Gasteiger partial charge is 0.0775 e. The number of benzene rings is 2. The highest BCUT2D eigenvalue weighted by Gasteiger charge is 2.15. The van der Waals surface area contributed by atoms with Crippen molar-refractivity contribution in [2.24, 2.45) is 0 Å². The molecule has 0 heterocycles. The van der Waals surface area contributed by atoms with E-state index in [1.807, 2.05) is 18.2 Å². The van der Waals surface area contributed by atoms with E-state index in [9.17, 15) is 0 Å². The molecular weight excluding hydrogens is 236 g/mol. The van der Waals surface area contributed by atoms with Crippen LogP contribution in [-0.2, 0) is 0 Å². The average molecular weight is 256 g/mol. The second-order valence-electron chi connectivity index (χ2n) is 5.67. The van der Waals surface area contributed by atoms with E-state index in [2.05, 4.69) is 43.9 Å². The van der Waals surface area contributed by atoms with Crippen LogP contribution in [0.1, 0.15) is 0 Å². The molecule has 0 aliphatic heterocycles. The Morgan fingerprint density at radius 3 is 1.78 bits per heavy atom. The van der Waals surface area contributed by atoms with Gasteiger partial charge in [-0.1, -0.05) is 55.2 Å². The predicted octanol–water partition coefficient (Wildman–Crippen LogP) is 3.06. The van der Waals surface area contributed by atoms with Gasteiger partial charge < -0.3 is 11.5 Å². The lowest BCUT2D eigenvalue weighted by Gasteiger charge is -2.17. The predicted molar refractivity (Wildman–Crippen MR) is 83.7 cm³/mol. The van der Waals surface area contributed by atoms with Gasteiger partial charge >= 0.3 is 0 Å². The Hall–Kier alpha value is -1.74. The van der Waals surface area contributed by atoms with Crippen LogP contribution in [0.25, 0.3) is 11.1 Å². The maximum Gasteiger partial charge on any atom is 0.0775 e. The molecule has 0 atom stereocenters. The van der Waals surface area contributed by atoms with Crippen LogP contribution in [0.15, 0.2) is 42.5 Å². The van der Waals surface area contributed by atoms with Crippen LogP contribution >= 0.6 is 0 Å². The molecule has 2 nitrogen and oxygen atoms in total. The van der Waals surface area contributed by atoms with E-state index in [1.165, 1.54) is 10.8 Å².